The molecule has 0 saturated carbocycles. The Kier molecular flexibility index (Phi) is 14.5. The summed E-state index contributed by atoms with van der Waals surface area (Å²) in [5.74, 6) is 1.18. The van der Waals surface area contributed by atoms with E-state index in [-0.39, 0.29) is 5.92 Å². The Hall–Kier alpha value is 0.209. The van der Waals surface area contributed by atoms with Crippen molar-refractivity contribution in [2.75, 3.05) is 0 Å². The maximum atomic E-state index is 11.9. The predicted octanol–water partition coefficient (Wildman–Crippen LogP) is 7.57. The van der Waals surface area contributed by atoms with Crippen molar-refractivity contribution in [3.63, 3.8) is 0 Å². The van der Waals surface area contributed by atoms with Crippen molar-refractivity contribution in [2.45, 2.75) is 106 Å². The van der Waals surface area contributed by atoms with Crippen LogP contribution in [-0.4, -0.2) is 24.2 Å². The van der Waals surface area contributed by atoms with Crippen LogP contribution in [-0.2, 0) is 4.79 Å². The molecule has 2 heteroatoms. The molecule has 0 spiro atoms. The Labute approximate surface area is 156 Å². The second-order valence-electron chi connectivity index (χ2n) is 8.17. The van der Waals surface area contributed by atoms with E-state index in [0.29, 0.717) is 11.7 Å². The van der Waals surface area contributed by atoms with Gasteiger partial charge in [-0.1, -0.05) is 0 Å². The Balaban J connectivity index is 4.86. The number of Topliss-reactive ketones (excluding diaryl/α,β-unsaturated/α-hetero) is 1. The summed E-state index contributed by atoms with van der Waals surface area (Å²) in [6.45, 7) is 13.3. The van der Waals surface area contributed by atoms with Gasteiger partial charge in [-0.15, -0.1) is 0 Å². The number of rotatable bonds is 15. The van der Waals surface area contributed by atoms with E-state index in [2.05, 4.69) is 37.9 Å². The molecule has 0 saturated heterocycles. The molecule has 0 radical (unpaired) electrons. The van der Waals surface area contributed by atoms with Gasteiger partial charge in [-0.25, -0.2) is 0 Å². The number of ketones is 1. The first kappa shape index (κ1) is 24.2. The van der Waals surface area contributed by atoms with Crippen LogP contribution in [0.15, 0.2) is 10.2 Å². The molecule has 0 heterocycles. The zero-order chi connectivity index (χ0) is 18.4. The van der Waals surface area contributed by atoms with Gasteiger partial charge in [-0.3, -0.25) is 0 Å². The van der Waals surface area contributed by atoms with Crippen molar-refractivity contribution < 1.29 is 4.79 Å². The molecular weight excluding hydrogens is 399 g/mol. The molecule has 142 valence electrons. The topological polar surface area (TPSA) is 17.1 Å². The third-order valence-electron chi connectivity index (χ3n) is 5.35. The van der Waals surface area contributed by atoms with Crippen molar-refractivity contribution in [1.82, 2.24) is 0 Å². The van der Waals surface area contributed by atoms with Crippen LogP contribution in [0.4, 0.5) is 0 Å². The second-order valence-corrected chi connectivity index (χ2v) is 21.2. The number of carbonyl (C=O) groups excluding carboxylic acids is 1. The van der Waals surface area contributed by atoms with Gasteiger partial charge in [0.2, 0.25) is 0 Å². The van der Waals surface area contributed by atoms with Gasteiger partial charge in [0, 0.05) is 0 Å². The molecule has 24 heavy (non-hydrogen) atoms. The monoisotopic (exact) mass is 444 g/mol. The summed E-state index contributed by atoms with van der Waals surface area (Å²) in [4.78, 5) is 11.9. The van der Waals surface area contributed by atoms with E-state index in [1.807, 2.05) is 13.8 Å². The van der Waals surface area contributed by atoms with Gasteiger partial charge in [0.05, 0.1) is 0 Å². The van der Waals surface area contributed by atoms with Crippen molar-refractivity contribution in [1.29, 1.82) is 0 Å². The van der Waals surface area contributed by atoms with Crippen LogP contribution in [0.1, 0.15) is 92.9 Å². The fourth-order valence-electron chi connectivity index (χ4n) is 3.33. The number of allylic oxidation sites excluding steroid dienone is 1. The molecule has 0 amide bonds. The molecule has 0 rings (SSSR count). The maximum absolute atomic E-state index is 11.9. The first-order valence-corrected chi connectivity index (χ1v) is 18.3. The number of carbonyl (C=O) groups is 1. The van der Waals surface area contributed by atoms with Gasteiger partial charge in [-0.05, 0) is 0 Å². The predicted molar refractivity (Wildman–Crippen MR) is 112 cm³/mol. The summed E-state index contributed by atoms with van der Waals surface area (Å²) in [5, 5.41) is 0. The molecule has 0 N–H and O–H groups in total. The van der Waals surface area contributed by atoms with E-state index in [9.17, 15) is 4.79 Å². The Morgan fingerprint density at radius 3 is 1.71 bits per heavy atom. The van der Waals surface area contributed by atoms with Crippen molar-refractivity contribution >= 4 is 24.2 Å². The Morgan fingerprint density at radius 2 is 1.33 bits per heavy atom. The summed E-state index contributed by atoms with van der Waals surface area (Å²) in [7, 11) is 0. The molecule has 1 nitrogen and oxygen atoms in total. The minimum absolute atomic E-state index is 0.193. The SMILES string of the molecule is CCC[CH2][Sn](/[CH]=C/[C@@H](C)CCC(=O)C(C)C)([CH2]CCC)[CH2]CCC. The van der Waals surface area contributed by atoms with Gasteiger partial charge in [0.25, 0.3) is 0 Å². The van der Waals surface area contributed by atoms with Crippen LogP contribution in [0.5, 0.6) is 0 Å². The van der Waals surface area contributed by atoms with Crippen molar-refractivity contribution in [3.05, 3.63) is 10.2 Å². The Bertz CT molecular complexity index is 324. The average molecular weight is 443 g/mol. The summed E-state index contributed by atoms with van der Waals surface area (Å²) in [6, 6.07) is 0. The number of hydrogen-bond acceptors (Lipinski definition) is 1. The molecule has 0 aliphatic carbocycles. The third-order valence-corrected chi connectivity index (χ3v) is 19.5. The van der Waals surface area contributed by atoms with Crippen LogP contribution < -0.4 is 0 Å². The normalized spacial score (nSPS) is 13.8. The molecule has 0 aromatic carbocycles. The average Bonchev–Trinajstić information content (AvgIpc) is 2.58. The quantitative estimate of drug-likeness (QED) is 0.239. The van der Waals surface area contributed by atoms with Gasteiger partial charge < -0.3 is 0 Å². The van der Waals surface area contributed by atoms with Crippen LogP contribution in [0.3, 0.4) is 0 Å². The fraction of sp³-hybridized carbons (Fsp3) is 0.864. The van der Waals surface area contributed by atoms with Gasteiger partial charge in [0.1, 0.15) is 0 Å². The molecule has 0 aromatic rings. The van der Waals surface area contributed by atoms with Gasteiger partial charge in [0.15, 0.2) is 0 Å². The fourth-order valence-corrected chi connectivity index (χ4v) is 18.1. The van der Waals surface area contributed by atoms with Gasteiger partial charge in [-0.2, -0.15) is 0 Å². The zero-order valence-corrected chi connectivity index (χ0v) is 20.3. The van der Waals surface area contributed by atoms with Crippen LogP contribution >= 0.6 is 0 Å². The summed E-state index contributed by atoms with van der Waals surface area (Å²) in [5.41, 5.74) is 0. The minimum atomic E-state index is -2.12. The Morgan fingerprint density at radius 1 is 0.875 bits per heavy atom. The zero-order valence-electron chi connectivity index (χ0n) is 17.5. The van der Waals surface area contributed by atoms with Crippen molar-refractivity contribution in [2.24, 2.45) is 11.8 Å². The third kappa shape index (κ3) is 10.9. The molecule has 0 unspecified atom stereocenters. The first-order chi connectivity index (χ1) is 11.4. The van der Waals surface area contributed by atoms with E-state index < -0.39 is 18.4 Å². The molecule has 0 aliphatic rings. The summed E-state index contributed by atoms with van der Waals surface area (Å²) >= 11 is -2.12. The molecule has 1 atom stereocenters. The number of unbranched alkanes of at least 4 members (excludes halogenated alkanes) is 3. The molecule has 0 fully saturated rings. The standard InChI is InChI=1S/C10H17O.3C4H9.Sn/c1-5-9(4)6-7-10(11)8(2)3;3*1-3-4-2;/h1,5,8-9H,6-7H2,2-4H3;3*1,3-4H2,2H3;/t9-;;;;/m1..../s1. The molecule has 0 aliphatic heterocycles. The summed E-state index contributed by atoms with van der Waals surface area (Å²) in [6.07, 6.45) is 12.6. The first-order valence-electron chi connectivity index (χ1n) is 10.6. The van der Waals surface area contributed by atoms with Crippen LogP contribution in [0, 0.1) is 11.8 Å². The second kappa shape index (κ2) is 14.4. The molecular formula is C22H44OSn. The van der Waals surface area contributed by atoms with Crippen LogP contribution in [0.25, 0.3) is 0 Å². The number of hydrogen-bond donors (Lipinski definition) is 0. The molecule has 0 bridgehead atoms. The van der Waals surface area contributed by atoms with E-state index in [1.165, 1.54) is 38.5 Å². The van der Waals surface area contributed by atoms with Gasteiger partial charge >= 0.3 is 157 Å². The summed E-state index contributed by atoms with van der Waals surface area (Å²) < 4.78 is 7.39. The van der Waals surface area contributed by atoms with Crippen molar-refractivity contribution in [3.8, 4) is 0 Å². The van der Waals surface area contributed by atoms with E-state index in [4.69, 9.17) is 0 Å². The molecule has 0 aromatic heterocycles. The van der Waals surface area contributed by atoms with E-state index in [1.54, 1.807) is 13.3 Å². The van der Waals surface area contributed by atoms with E-state index in [0.717, 1.165) is 12.8 Å². The van der Waals surface area contributed by atoms with E-state index >= 15 is 0 Å². The van der Waals surface area contributed by atoms with Crippen LogP contribution in [0.2, 0.25) is 13.3 Å².